The number of nitrogens with zero attached hydrogens (tertiary/aromatic N) is 1. The Morgan fingerprint density at radius 3 is 2.89 bits per heavy atom. The lowest BCUT2D eigenvalue weighted by atomic mass is 9.98. The van der Waals surface area contributed by atoms with Gasteiger partial charge >= 0.3 is 0 Å². The van der Waals surface area contributed by atoms with Crippen molar-refractivity contribution >= 4 is 11.3 Å². The molecule has 2 rings (SSSR count). The van der Waals surface area contributed by atoms with Crippen LogP contribution in [0.1, 0.15) is 35.4 Å². The molecule has 4 heteroatoms. The van der Waals surface area contributed by atoms with Crippen LogP contribution >= 0.6 is 11.3 Å². The van der Waals surface area contributed by atoms with Crippen LogP contribution in [-0.4, -0.2) is 11.5 Å². The molecule has 0 spiro atoms. The van der Waals surface area contributed by atoms with Crippen molar-refractivity contribution < 1.29 is 4.39 Å². The lowest BCUT2D eigenvalue weighted by molar-refractivity contribution is 0.528. The van der Waals surface area contributed by atoms with Crippen molar-refractivity contribution in [2.24, 2.45) is 0 Å². The summed E-state index contributed by atoms with van der Waals surface area (Å²) in [5.41, 5.74) is 4.02. The van der Waals surface area contributed by atoms with Gasteiger partial charge < -0.3 is 5.32 Å². The molecule has 0 bridgehead atoms. The lowest BCUT2D eigenvalue weighted by Gasteiger charge is -2.20. The Balaban J connectivity index is 2.20. The molecule has 0 radical (unpaired) electrons. The highest BCUT2D eigenvalue weighted by atomic mass is 32.1. The molecule has 0 aliphatic carbocycles. The second-order valence-corrected chi connectivity index (χ2v) is 5.65. The Hall–Kier alpha value is -1.26. The van der Waals surface area contributed by atoms with Gasteiger partial charge in [-0.2, -0.15) is 0 Å². The maximum Gasteiger partial charge on any atom is 0.123 e. The molecule has 1 N–H and O–H groups in total. The van der Waals surface area contributed by atoms with Gasteiger partial charge in [0.1, 0.15) is 5.82 Å². The second-order valence-electron chi connectivity index (χ2n) is 4.68. The quantitative estimate of drug-likeness (QED) is 0.867. The predicted octanol–water partition coefficient (Wildman–Crippen LogP) is 3.87. The van der Waals surface area contributed by atoms with E-state index in [-0.39, 0.29) is 11.9 Å². The Bertz CT molecular complexity index is 511. The van der Waals surface area contributed by atoms with Crippen molar-refractivity contribution in [2.45, 2.75) is 32.7 Å². The minimum atomic E-state index is -0.173. The van der Waals surface area contributed by atoms with Crippen LogP contribution in [0.25, 0.3) is 0 Å². The van der Waals surface area contributed by atoms with Crippen molar-refractivity contribution in [3.05, 3.63) is 51.7 Å². The van der Waals surface area contributed by atoms with E-state index in [4.69, 9.17) is 0 Å². The van der Waals surface area contributed by atoms with Crippen molar-refractivity contribution in [1.29, 1.82) is 0 Å². The number of hydrogen-bond acceptors (Lipinski definition) is 3. The molecule has 0 fully saturated rings. The number of hydrogen-bond donors (Lipinski definition) is 1. The third kappa shape index (κ3) is 3.85. The van der Waals surface area contributed by atoms with Crippen molar-refractivity contribution in [3.8, 4) is 0 Å². The van der Waals surface area contributed by atoms with Gasteiger partial charge in [-0.25, -0.2) is 4.39 Å². The fraction of sp³-hybridized carbons (Fsp3) is 0.400. The molecule has 2 aromatic rings. The molecule has 1 aromatic carbocycles. The van der Waals surface area contributed by atoms with E-state index in [1.165, 1.54) is 16.5 Å². The smallest absolute Gasteiger partial charge is 0.123 e. The molecule has 0 aliphatic heterocycles. The molecule has 19 heavy (non-hydrogen) atoms. The summed E-state index contributed by atoms with van der Waals surface area (Å²) in [5.74, 6) is -0.173. The van der Waals surface area contributed by atoms with Gasteiger partial charge in [0.25, 0.3) is 0 Å². The van der Waals surface area contributed by atoms with E-state index in [9.17, 15) is 4.39 Å². The maximum atomic E-state index is 13.2. The van der Waals surface area contributed by atoms with Crippen LogP contribution in [0.3, 0.4) is 0 Å². The molecular weight excluding hydrogens is 259 g/mol. The fourth-order valence-corrected chi connectivity index (χ4v) is 2.83. The summed E-state index contributed by atoms with van der Waals surface area (Å²) < 4.78 is 13.2. The van der Waals surface area contributed by atoms with Gasteiger partial charge in [0, 0.05) is 23.5 Å². The standard InChI is InChI=1S/C15H19FN2S/c1-3-6-18-15(8-13-9-17-10-19-13)14-5-4-12(16)7-11(14)2/h4-5,7,9-10,15,18H,3,6,8H2,1-2H3. The fourth-order valence-electron chi connectivity index (χ4n) is 2.18. The first-order valence-electron chi connectivity index (χ1n) is 6.57. The van der Waals surface area contributed by atoms with Crippen LogP contribution in [0.15, 0.2) is 29.9 Å². The Kier molecular flexibility index (Phi) is 5.05. The summed E-state index contributed by atoms with van der Waals surface area (Å²) in [7, 11) is 0. The third-order valence-corrected chi connectivity index (χ3v) is 3.94. The van der Waals surface area contributed by atoms with Gasteiger partial charge in [-0.3, -0.25) is 4.98 Å². The van der Waals surface area contributed by atoms with E-state index in [2.05, 4.69) is 17.2 Å². The highest BCUT2D eigenvalue weighted by Gasteiger charge is 2.15. The van der Waals surface area contributed by atoms with E-state index < -0.39 is 0 Å². The van der Waals surface area contributed by atoms with Crippen LogP contribution in [0, 0.1) is 12.7 Å². The largest absolute Gasteiger partial charge is 0.310 e. The van der Waals surface area contributed by atoms with Gasteiger partial charge in [-0.15, -0.1) is 11.3 Å². The van der Waals surface area contributed by atoms with Gasteiger partial charge in [0.2, 0.25) is 0 Å². The average molecular weight is 278 g/mol. The highest BCUT2D eigenvalue weighted by Crippen LogP contribution is 2.24. The Morgan fingerprint density at radius 2 is 2.26 bits per heavy atom. The number of benzene rings is 1. The SMILES string of the molecule is CCCNC(Cc1cncs1)c1ccc(F)cc1C. The van der Waals surface area contributed by atoms with Crippen LogP contribution < -0.4 is 5.32 Å². The normalized spacial score (nSPS) is 12.6. The molecule has 0 saturated heterocycles. The van der Waals surface area contributed by atoms with E-state index in [0.717, 1.165) is 24.9 Å². The van der Waals surface area contributed by atoms with Gasteiger partial charge in [-0.1, -0.05) is 13.0 Å². The number of thiazole rings is 1. The average Bonchev–Trinajstić information content (AvgIpc) is 2.88. The van der Waals surface area contributed by atoms with E-state index in [1.54, 1.807) is 17.4 Å². The highest BCUT2D eigenvalue weighted by molar-refractivity contribution is 7.09. The molecule has 102 valence electrons. The van der Waals surface area contributed by atoms with Crippen LogP contribution in [0.2, 0.25) is 0 Å². The molecule has 1 atom stereocenters. The molecule has 0 amide bonds. The summed E-state index contributed by atoms with van der Waals surface area (Å²) in [6, 6.07) is 5.25. The number of halogens is 1. The molecule has 1 aromatic heterocycles. The number of rotatable bonds is 6. The Morgan fingerprint density at radius 1 is 1.42 bits per heavy atom. The third-order valence-electron chi connectivity index (χ3n) is 3.14. The maximum absolute atomic E-state index is 13.2. The van der Waals surface area contributed by atoms with Crippen molar-refractivity contribution in [3.63, 3.8) is 0 Å². The summed E-state index contributed by atoms with van der Waals surface area (Å²) in [6.07, 6.45) is 3.89. The zero-order valence-corrected chi connectivity index (χ0v) is 12.1. The van der Waals surface area contributed by atoms with Gasteiger partial charge in [0.15, 0.2) is 0 Å². The summed E-state index contributed by atoms with van der Waals surface area (Å²) in [6.45, 7) is 5.07. The monoisotopic (exact) mass is 278 g/mol. The number of aromatic nitrogens is 1. The second kappa shape index (κ2) is 6.78. The molecule has 1 unspecified atom stereocenters. The molecular formula is C15H19FN2S. The van der Waals surface area contributed by atoms with E-state index >= 15 is 0 Å². The number of nitrogens with one attached hydrogen (secondary N) is 1. The molecule has 1 heterocycles. The first kappa shape index (κ1) is 14.2. The van der Waals surface area contributed by atoms with Gasteiger partial charge in [-0.05, 0) is 43.1 Å². The molecule has 0 aliphatic rings. The zero-order chi connectivity index (χ0) is 13.7. The first-order valence-corrected chi connectivity index (χ1v) is 7.45. The lowest BCUT2D eigenvalue weighted by Crippen LogP contribution is -2.24. The minimum Gasteiger partial charge on any atom is -0.310 e. The first-order chi connectivity index (χ1) is 9.20. The topological polar surface area (TPSA) is 24.9 Å². The van der Waals surface area contributed by atoms with Crippen molar-refractivity contribution in [1.82, 2.24) is 10.3 Å². The predicted molar refractivity (Wildman–Crippen MR) is 78.0 cm³/mol. The zero-order valence-electron chi connectivity index (χ0n) is 11.3. The Labute approximate surface area is 117 Å². The van der Waals surface area contributed by atoms with Crippen LogP contribution in [0.4, 0.5) is 4.39 Å². The number of aryl methyl sites for hydroxylation is 1. The van der Waals surface area contributed by atoms with Crippen molar-refractivity contribution in [2.75, 3.05) is 6.54 Å². The minimum absolute atomic E-state index is 0.173. The van der Waals surface area contributed by atoms with E-state index in [0.29, 0.717) is 0 Å². The summed E-state index contributed by atoms with van der Waals surface area (Å²) in [4.78, 5) is 5.36. The van der Waals surface area contributed by atoms with Gasteiger partial charge in [0.05, 0.1) is 5.51 Å². The molecule has 2 nitrogen and oxygen atoms in total. The summed E-state index contributed by atoms with van der Waals surface area (Å²) >= 11 is 1.66. The van der Waals surface area contributed by atoms with Crippen LogP contribution in [0.5, 0.6) is 0 Å². The van der Waals surface area contributed by atoms with Crippen LogP contribution in [-0.2, 0) is 6.42 Å². The summed E-state index contributed by atoms with van der Waals surface area (Å²) in [5, 5.41) is 3.54. The van der Waals surface area contributed by atoms with E-state index in [1.807, 2.05) is 24.7 Å². The molecule has 0 saturated carbocycles.